The molecule has 0 aliphatic carbocycles. The fourth-order valence-corrected chi connectivity index (χ4v) is 2.63. The number of furan rings is 1. The molecule has 0 bridgehead atoms. The van der Waals surface area contributed by atoms with E-state index < -0.39 is 0 Å². The number of benzene rings is 1. The molecule has 2 N–H and O–H groups in total. The van der Waals surface area contributed by atoms with E-state index >= 15 is 0 Å². The second-order valence-corrected chi connectivity index (χ2v) is 5.52. The van der Waals surface area contributed by atoms with Gasteiger partial charge in [0.15, 0.2) is 0 Å². The van der Waals surface area contributed by atoms with Gasteiger partial charge in [0.25, 0.3) is 0 Å². The van der Waals surface area contributed by atoms with Gasteiger partial charge in [0.05, 0.1) is 12.2 Å². The molecule has 3 aromatic rings. The summed E-state index contributed by atoms with van der Waals surface area (Å²) in [5.74, 6) is 1.68. The van der Waals surface area contributed by atoms with E-state index in [0.29, 0.717) is 17.3 Å². The van der Waals surface area contributed by atoms with Crippen LogP contribution in [-0.4, -0.2) is 9.78 Å². The Balaban J connectivity index is 1.93. The van der Waals surface area contributed by atoms with Crippen molar-refractivity contribution in [1.82, 2.24) is 9.78 Å². The molecule has 0 amide bonds. The number of aryl methyl sites for hydroxylation is 2. The van der Waals surface area contributed by atoms with Crippen LogP contribution in [0.4, 0.5) is 5.69 Å². The van der Waals surface area contributed by atoms with Crippen LogP contribution in [0.1, 0.15) is 17.1 Å². The third-order valence-electron chi connectivity index (χ3n) is 3.32. The van der Waals surface area contributed by atoms with Crippen molar-refractivity contribution < 1.29 is 4.42 Å². The van der Waals surface area contributed by atoms with Crippen molar-refractivity contribution in [3.63, 3.8) is 0 Å². The van der Waals surface area contributed by atoms with Crippen molar-refractivity contribution in [2.45, 2.75) is 20.4 Å². The van der Waals surface area contributed by atoms with Crippen molar-refractivity contribution >= 4 is 17.3 Å². The summed E-state index contributed by atoms with van der Waals surface area (Å²) in [4.78, 5) is 0. The maximum Gasteiger partial charge on any atom is 0.119 e. The zero-order valence-corrected chi connectivity index (χ0v) is 12.7. The van der Waals surface area contributed by atoms with Gasteiger partial charge in [-0.05, 0) is 37.6 Å². The molecular weight excluding hydrogens is 286 g/mol. The smallest absolute Gasteiger partial charge is 0.119 e. The van der Waals surface area contributed by atoms with Gasteiger partial charge in [-0.3, -0.25) is 4.68 Å². The van der Waals surface area contributed by atoms with Gasteiger partial charge in [-0.1, -0.05) is 23.7 Å². The fourth-order valence-electron chi connectivity index (χ4n) is 2.42. The minimum absolute atomic E-state index is 0.626. The lowest BCUT2D eigenvalue weighted by Crippen LogP contribution is -2.00. The first-order valence-corrected chi connectivity index (χ1v) is 7.05. The normalized spacial score (nSPS) is 11.0. The predicted molar refractivity (Wildman–Crippen MR) is 84.4 cm³/mol. The summed E-state index contributed by atoms with van der Waals surface area (Å²) in [5.41, 5.74) is 9.50. The number of hydrogen-bond acceptors (Lipinski definition) is 3. The number of halogens is 1. The van der Waals surface area contributed by atoms with Crippen LogP contribution in [0.2, 0.25) is 5.02 Å². The summed E-state index contributed by atoms with van der Waals surface area (Å²) in [6.07, 6.45) is 1.83. The van der Waals surface area contributed by atoms with E-state index in [1.165, 1.54) is 0 Å². The molecule has 0 saturated heterocycles. The van der Waals surface area contributed by atoms with E-state index in [-0.39, 0.29) is 0 Å². The van der Waals surface area contributed by atoms with Gasteiger partial charge in [0.1, 0.15) is 17.2 Å². The predicted octanol–water partition coefficient (Wildman–Crippen LogP) is 4.04. The molecule has 0 atom stereocenters. The second-order valence-electron chi connectivity index (χ2n) is 5.09. The highest BCUT2D eigenvalue weighted by Crippen LogP contribution is 2.29. The van der Waals surface area contributed by atoms with Gasteiger partial charge in [0.2, 0.25) is 0 Å². The van der Waals surface area contributed by atoms with Crippen LogP contribution in [0.15, 0.2) is 40.9 Å². The maximum absolute atomic E-state index is 6.08. The minimum Gasteiger partial charge on any atom is -0.466 e. The van der Waals surface area contributed by atoms with E-state index in [2.05, 4.69) is 5.10 Å². The van der Waals surface area contributed by atoms with Crippen LogP contribution < -0.4 is 5.73 Å². The molecule has 0 aliphatic rings. The molecule has 0 radical (unpaired) electrons. The number of aromatic nitrogens is 2. The third-order valence-corrected chi connectivity index (χ3v) is 3.55. The Morgan fingerprint density at radius 2 is 2.10 bits per heavy atom. The Labute approximate surface area is 128 Å². The number of rotatable bonds is 3. The van der Waals surface area contributed by atoms with Crippen molar-refractivity contribution in [1.29, 1.82) is 0 Å². The van der Waals surface area contributed by atoms with Crippen molar-refractivity contribution in [3.8, 4) is 11.3 Å². The van der Waals surface area contributed by atoms with Crippen molar-refractivity contribution in [2.24, 2.45) is 0 Å². The van der Waals surface area contributed by atoms with Gasteiger partial charge in [0, 0.05) is 16.8 Å². The Morgan fingerprint density at radius 1 is 1.29 bits per heavy atom. The Bertz CT molecular complexity index is 789. The molecule has 4 nitrogen and oxygen atoms in total. The lowest BCUT2D eigenvalue weighted by molar-refractivity contribution is 0.505. The fraction of sp³-hybridized carbons (Fsp3) is 0.188. The molecular formula is C16H16ClN3O. The maximum atomic E-state index is 6.08. The zero-order valence-electron chi connectivity index (χ0n) is 11.9. The van der Waals surface area contributed by atoms with Crippen LogP contribution in [0.25, 0.3) is 11.3 Å². The third kappa shape index (κ3) is 2.81. The first-order valence-electron chi connectivity index (χ1n) is 6.67. The monoisotopic (exact) mass is 301 g/mol. The molecule has 0 aliphatic heterocycles. The average Bonchev–Trinajstić information content (AvgIpc) is 2.92. The Kier molecular flexibility index (Phi) is 3.47. The van der Waals surface area contributed by atoms with E-state index in [1.54, 1.807) is 0 Å². The Morgan fingerprint density at radius 3 is 2.76 bits per heavy atom. The van der Waals surface area contributed by atoms with Crippen LogP contribution in [0.3, 0.4) is 0 Å². The average molecular weight is 302 g/mol. The van der Waals surface area contributed by atoms with Gasteiger partial charge in [-0.2, -0.15) is 5.10 Å². The number of hydrogen-bond donors (Lipinski definition) is 1. The number of anilines is 1. The lowest BCUT2D eigenvalue weighted by Gasteiger charge is -2.02. The van der Waals surface area contributed by atoms with E-state index in [0.717, 1.165) is 28.3 Å². The van der Waals surface area contributed by atoms with Crippen molar-refractivity contribution in [3.05, 3.63) is 58.6 Å². The molecule has 1 aromatic carbocycles. The first kappa shape index (κ1) is 13.8. The molecule has 2 aromatic heterocycles. The lowest BCUT2D eigenvalue weighted by atomic mass is 10.1. The standard InChI is InChI=1S/C16H16ClN3O/c1-10-6-14(11(2)21-10)16-15(18)9-20(19-16)8-12-4-3-5-13(17)7-12/h3-7,9H,8,18H2,1-2H3. The summed E-state index contributed by atoms with van der Waals surface area (Å²) < 4.78 is 7.36. The van der Waals surface area contributed by atoms with Crippen LogP contribution in [0.5, 0.6) is 0 Å². The number of nitrogens with zero attached hydrogens (tertiary/aromatic N) is 2. The van der Waals surface area contributed by atoms with Gasteiger partial charge < -0.3 is 10.2 Å². The second kappa shape index (κ2) is 5.30. The first-order chi connectivity index (χ1) is 10.0. The molecule has 5 heteroatoms. The number of nitrogen functional groups attached to an aromatic ring is 1. The van der Waals surface area contributed by atoms with E-state index in [9.17, 15) is 0 Å². The molecule has 0 saturated carbocycles. The molecule has 2 heterocycles. The highest BCUT2D eigenvalue weighted by atomic mass is 35.5. The van der Waals surface area contributed by atoms with E-state index in [1.807, 2.05) is 55.1 Å². The molecule has 0 fully saturated rings. The summed E-state index contributed by atoms with van der Waals surface area (Å²) in [6, 6.07) is 9.67. The number of nitrogens with two attached hydrogens (primary N) is 1. The molecule has 108 valence electrons. The summed E-state index contributed by atoms with van der Waals surface area (Å²) in [5, 5.41) is 5.28. The summed E-state index contributed by atoms with van der Waals surface area (Å²) in [6.45, 7) is 4.45. The SMILES string of the molecule is Cc1cc(-c2nn(Cc3cccc(Cl)c3)cc2N)c(C)o1. The van der Waals surface area contributed by atoms with Gasteiger partial charge >= 0.3 is 0 Å². The summed E-state index contributed by atoms with van der Waals surface area (Å²) >= 11 is 6.00. The largest absolute Gasteiger partial charge is 0.466 e. The summed E-state index contributed by atoms with van der Waals surface area (Å²) in [7, 11) is 0. The Hall–Kier alpha value is -2.20. The molecule has 3 rings (SSSR count). The highest BCUT2D eigenvalue weighted by molar-refractivity contribution is 6.30. The van der Waals surface area contributed by atoms with E-state index in [4.69, 9.17) is 21.8 Å². The molecule has 0 spiro atoms. The van der Waals surface area contributed by atoms with Crippen LogP contribution in [0, 0.1) is 13.8 Å². The topological polar surface area (TPSA) is 57.0 Å². The van der Waals surface area contributed by atoms with Gasteiger partial charge in [-0.25, -0.2) is 0 Å². The van der Waals surface area contributed by atoms with Crippen LogP contribution >= 0.6 is 11.6 Å². The molecule has 0 unspecified atom stereocenters. The highest BCUT2D eigenvalue weighted by Gasteiger charge is 2.14. The van der Waals surface area contributed by atoms with Crippen molar-refractivity contribution in [2.75, 3.05) is 5.73 Å². The van der Waals surface area contributed by atoms with Gasteiger partial charge in [-0.15, -0.1) is 0 Å². The molecule has 21 heavy (non-hydrogen) atoms. The van der Waals surface area contributed by atoms with Crippen LogP contribution in [-0.2, 0) is 6.54 Å². The quantitative estimate of drug-likeness (QED) is 0.794. The zero-order chi connectivity index (χ0) is 15.0. The minimum atomic E-state index is 0.626.